The average Bonchev–Trinajstić information content (AvgIpc) is 2.39. The van der Waals surface area contributed by atoms with Gasteiger partial charge in [0.1, 0.15) is 11.5 Å². The second-order valence-electron chi connectivity index (χ2n) is 5.02. The number of halogens is 1. The molecular weight excluding hydrogens is 278 g/mol. The molecule has 1 fully saturated rings. The van der Waals surface area contributed by atoms with Gasteiger partial charge in [0.15, 0.2) is 0 Å². The smallest absolute Gasteiger partial charge is 0.314 e. The minimum Gasteiger partial charge on any atom is -0.383 e. The van der Waals surface area contributed by atoms with Crippen LogP contribution in [0.1, 0.15) is 18.4 Å². The van der Waals surface area contributed by atoms with Gasteiger partial charge in [-0.3, -0.25) is 0 Å². The molecule has 108 valence electrons. The molecule has 0 aromatic heterocycles. The number of nitrogens with one attached hydrogen (secondary N) is 1. The highest BCUT2D eigenvalue weighted by Crippen LogP contribution is 2.33. The first-order chi connectivity index (χ1) is 9.10. The Morgan fingerprint density at radius 2 is 1.95 bits per heavy atom. The van der Waals surface area contributed by atoms with E-state index >= 15 is 0 Å². The fraction of sp³-hybridized carbons (Fsp3) is 0.385. The lowest BCUT2D eigenvalue weighted by molar-refractivity contribution is 0.175. The summed E-state index contributed by atoms with van der Waals surface area (Å²) >= 11 is 0. The van der Waals surface area contributed by atoms with E-state index < -0.39 is 5.66 Å². The predicted molar refractivity (Wildman–Crippen MR) is 81.2 cm³/mol. The average molecular weight is 296 g/mol. The second kappa shape index (κ2) is 5.20. The van der Waals surface area contributed by atoms with Crippen molar-refractivity contribution < 1.29 is 4.79 Å². The quantitative estimate of drug-likeness (QED) is 0.669. The molecule has 2 aliphatic rings. The van der Waals surface area contributed by atoms with E-state index in [1.165, 1.54) is 0 Å². The third-order valence-corrected chi connectivity index (χ3v) is 3.81. The molecule has 5 N–H and O–H groups in total. The van der Waals surface area contributed by atoms with Gasteiger partial charge in [0.25, 0.3) is 0 Å². The van der Waals surface area contributed by atoms with Crippen LogP contribution in [0.2, 0.25) is 0 Å². The zero-order valence-electron chi connectivity index (χ0n) is 11.0. The first-order valence-corrected chi connectivity index (χ1v) is 6.37. The summed E-state index contributed by atoms with van der Waals surface area (Å²) in [5, 5.41) is 3.46. The molecule has 6 nitrogen and oxygen atoms in total. The Bertz CT molecular complexity index is 551. The number of rotatable bonds is 0. The Labute approximate surface area is 123 Å². The first kappa shape index (κ1) is 14.5. The lowest BCUT2D eigenvalue weighted by atomic mass is 9.94. The van der Waals surface area contributed by atoms with E-state index in [0.717, 1.165) is 11.3 Å². The normalized spacial score (nSPS) is 19.4. The van der Waals surface area contributed by atoms with E-state index in [1.807, 2.05) is 24.3 Å². The molecule has 3 rings (SSSR count). The fourth-order valence-corrected chi connectivity index (χ4v) is 2.72. The number of carbonyl (C=O) groups excluding carboxylic acids is 1. The lowest BCUT2D eigenvalue weighted by Crippen LogP contribution is -2.53. The Balaban J connectivity index is 0.00000147. The SMILES string of the molecule is Cl.NC(=O)N1CCC2(CC1)N=C(N)c1ccccc1N2. The number of para-hydroxylation sites is 1. The van der Waals surface area contributed by atoms with Gasteiger partial charge < -0.3 is 21.7 Å². The highest BCUT2D eigenvalue weighted by atomic mass is 35.5. The summed E-state index contributed by atoms with van der Waals surface area (Å²) < 4.78 is 0. The van der Waals surface area contributed by atoms with E-state index in [9.17, 15) is 4.79 Å². The van der Waals surface area contributed by atoms with Crippen LogP contribution in [0, 0.1) is 0 Å². The molecule has 20 heavy (non-hydrogen) atoms. The van der Waals surface area contributed by atoms with Gasteiger partial charge in [-0.05, 0) is 12.1 Å². The molecule has 0 saturated carbocycles. The number of aliphatic imine (C=N–C) groups is 1. The maximum atomic E-state index is 11.2. The van der Waals surface area contributed by atoms with Crippen molar-refractivity contribution in [2.75, 3.05) is 18.4 Å². The number of primary amides is 1. The van der Waals surface area contributed by atoms with E-state index in [0.29, 0.717) is 31.8 Å². The van der Waals surface area contributed by atoms with Gasteiger partial charge in [0.2, 0.25) is 0 Å². The summed E-state index contributed by atoms with van der Waals surface area (Å²) in [6.45, 7) is 1.20. The summed E-state index contributed by atoms with van der Waals surface area (Å²) in [7, 11) is 0. The largest absolute Gasteiger partial charge is 0.383 e. The van der Waals surface area contributed by atoms with Gasteiger partial charge in [0.05, 0.1) is 0 Å². The number of piperidine rings is 1. The molecule has 1 spiro atoms. The van der Waals surface area contributed by atoms with E-state index in [1.54, 1.807) is 4.90 Å². The van der Waals surface area contributed by atoms with E-state index in [-0.39, 0.29) is 18.4 Å². The Kier molecular flexibility index (Phi) is 3.76. The number of hydrogen-bond acceptors (Lipinski definition) is 4. The summed E-state index contributed by atoms with van der Waals surface area (Å²) in [5.41, 5.74) is 12.9. The minimum absolute atomic E-state index is 0. The maximum Gasteiger partial charge on any atom is 0.314 e. The van der Waals surface area contributed by atoms with Crippen molar-refractivity contribution in [2.45, 2.75) is 18.5 Å². The zero-order chi connectivity index (χ0) is 13.5. The molecule has 0 aliphatic carbocycles. The molecule has 0 bridgehead atoms. The van der Waals surface area contributed by atoms with Gasteiger partial charge in [-0.25, -0.2) is 9.79 Å². The predicted octanol–water partition coefficient (Wildman–Crippen LogP) is 1.11. The van der Waals surface area contributed by atoms with Crippen molar-refractivity contribution in [1.82, 2.24) is 4.90 Å². The summed E-state index contributed by atoms with van der Waals surface area (Å²) in [6, 6.07) is 7.49. The number of nitrogens with two attached hydrogens (primary N) is 2. The van der Waals surface area contributed by atoms with Crippen LogP contribution < -0.4 is 16.8 Å². The summed E-state index contributed by atoms with van der Waals surface area (Å²) in [6.07, 6.45) is 1.43. The van der Waals surface area contributed by atoms with Crippen molar-refractivity contribution in [3.05, 3.63) is 29.8 Å². The molecule has 0 radical (unpaired) electrons. The molecular formula is C13H18ClN5O. The second-order valence-corrected chi connectivity index (χ2v) is 5.02. The first-order valence-electron chi connectivity index (χ1n) is 6.37. The van der Waals surface area contributed by atoms with Crippen molar-refractivity contribution in [1.29, 1.82) is 0 Å². The minimum atomic E-state index is -0.398. The number of amides is 2. The zero-order valence-corrected chi connectivity index (χ0v) is 11.8. The van der Waals surface area contributed by atoms with Crippen molar-refractivity contribution >= 4 is 30.0 Å². The van der Waals surface area contributed by atoms with Gasteiger partial charge in [-0.1, -0.05) is 12.1 Å². The van der Waals surface area contributed by atoms with E-state index in [2.05, 4.69) is 10.3 Å². The molecule has 2 amide bonds. The number of carbonyl (C=O) groups is 1. The summed E-state index contributed by atoms with van der Waals surface area (Å²) in [4.78, 5) is 17.4. The number of amidine groups is 1. The molecule has 1 aromatic rings. The topological polar surface area (TPSA) is 96.7 Å². The number of urea groups is 1. The monoisotopic (exact) mass is 295 g/mol. The number of likely N-dealkylation sites (tertiary alicyclic amines) is 1. The maximum absolute atomic E-state index is 11.2. The van der Waals surface area contributed by atoms with Crippen molar-refractivity contribution in [3.63, 3.8) is 0 Å². The Hall–Kier alpha value is -1.95. The number of hydrogen-bond donors (Lipinski definition) is 3. The van der Waals surface area contributed by atoms with Crippen LogP contribution in [0.5, 0.6) is 0 Å². The number of benzene rings is 1. The van der Waals surface area contributed by atoms with Crippen LogP contribution in [-0.4, -0.2) is 35.5 Å². The molecule has 1 saturated heterocycles. The number of nitrogens with zero attached hydrogens (tertiary/aromatic N) is 2. The van der Waals surface area contributed by atoms with Crippen molar-refractivity contribution in [2.24, 2.45) is 16.5 Å². The van der Waals surface area contributed by atoms with Gasteiger partial charge in [-0.15, -0.1) is 12.4 Å². The number of fused-ring (bicyclic) bond motifs is 1. The van der Waals surface area contributed by atoms with Crippen LogP contribution >= 0.6 is 12.4 Å². The highest BCUT2D eigenvalue weighted by Gasteiger charge is 2.38. The lowest BCUT2D eigenvalue weighted by Gasteiger charge is -2.42. The molecule has 1 aromatic carbocycles. The van der Waals surface area contributed by atoms with Crippen LogP contribution in [-0.2, 0) is 0 Å². The Morgan fingerprint density at radius 3 is 2.60 bits per heavy atom. The summed E-state index contributed by atoms with van der Waals surface area (Å²) in [5.74, 6) is 0.557. The van der Waals surface area contributed by atoms with Gasteiger partial charge in [-0.2, -0.15) is 0 Å². The fourth-order valence-electron chi connectivity index (χ4n) is 2.72. The van der Waals surface area contributed by atoms with Crippen LogP contribution in [0.3, 0.4) is 0 Å². The van der Waals surface area contributed by atoms with E-state index in [4.69, 9.17) is 11.5 Å². The van der Waals surface area contributed by atoms with Crippen LogP contribution in [0.15, 0.2) is 29.3 Å². The third-order valence-electron chi connectivity index (χ3n) is 3.81. The molecule has 0 unspecified atom stereocenters. The number of anilines is 1. The Morgan fingerprint density at radius 1 is 1.30 bits per heavy atom. The van der Waals surface area contributed by atoms with Crippen LogP contribution in [0.25, 0.3) is 0 Å². The van der Waals surface area contributed by atoms with Crippen molar-refractivity contribution in [3.8, 4) is 0 Å². The highest BCUT2D eigenvalue weighted by molar-refractivity contribution is 6.04. The molecule has 0 atom stereocenters. The van der Waals surface area contributed by atoms with Gasteiger partial charge in [0, 0.05) is 37.2 Å². The third kappa shape index (κ3) is 2.38. The standard InChI is InChI=1S/C13H17N5O.ClH/c14-11-9-3-1-2-4-10(9)16-13(17-11)5-7-18(8-6-13)12(15)19;/h1-4,16H,5-8H2,(H2,14,17)(H2,15,19);1H. The van der Waals surface area contributed by atoms with Crippen LogP contribution in [0.4, 0.5) is 10.5 Å². The van der Waals surface area contributed by atoms with Gasteiger partial charge >= 0.3 is 6.03 Å². The molecule has 2 aliphatic heterocycles. The molecule has 7 heteroatoms. The molecule has 2 heterocycles.